The zero-order chi connectivity index (χ0) is 14.5. The lowest BCUT2D eigenvalue weighted by molar-refractivity contribution is 0.299. The van der Waals surface area contributed by atoms with Gasteiger partial charge in [0.25, 0.3) is 0 Å². The van der Waals surface area contributed by atoms with Crippen LogP contribution in [-0.2, 0) is 6.61 Å². The highest BCUT2D eigenvalue weighted by molar-refractivity contribution is 7.11. The van der Waals surface area contributed by atoms with Crippen molar-refractivity contribution in [2.75, 3.05) is 6.54 Å². The number of benzene rings is 1. The topological polar surface area (TPSA) is 34.1 Å². The highest BCUT2D eigenvalue weighted by Crippen LogP contribution is 2.26. The number of thiazole rings is 1. The van der Waals surface area contributed by atoms with Gasteiger partial charge in [-0.25, -0.2) is 4.98 Å². The van der Waals surface area contributed by atoms with E-state index in [0.717, 1.165) is 23.0 Å². The summed E-state index contributed by atoms with van der Waals surface area (Å²) in [6, 6.07) is 8.48. The molecule has 0 saturated heterocycles. The average Bonchev–Trinajstić information content (AvgIpc) is 2.76. The van der Waals surface area contributed by atoms with Crippen molar-refractivity contribution in [1.82, 2.24) is 10.3 Å². The largest absolute Gasteiger partial charge is 0.486 e. The first-order valence-corrected chi connectivity index (χ1v) is 7.81. The summed E-state index contributed by atoms with van der Waals surface area (Å²) in [6.07, 6.45) is 0. The van der Waals surface area contributed by atoms with Crippen LogP contribution in [0.5, 0.6) is 5.75 Å². The van der Waals surface area contributed by atoms with Gasteiger partial charge < -0.3 is 10.1 Å². The van der Waals surface area contributed by atoms with Crippen LogP contribution in [0.25, 0.3) is 0 Å². The van der Waals surface area contributed by atoms with Crippen molar-refractivity contribution < 1.29 is 4.74 Å². The Hall–Kier alpha value is -1.39. The summed E-state index contributed by atoms with van der Waals surface area (Å²) in [6.45, 7) is 9.88. The second kappa shape index (κ2) is 6.86. The zero-order valence-electron chi connectivity index (χ0n) is 12.6. The molecule has 1 heterocycles. The van der Waals surface area contributed by atoms with Gasteiger partial charge in [-0.3, -0.25) is 0 Å². The molecule has 108 valence electrons. The molecule has 0 aliphatic rings. The summed E-state index contributed by atoms with van der Waals surface area (Å²) >= 11 is 1.71. The first-order chi connectivity index (χ1) is 9.61. The molecule has 4 heteroatoms. The highest BCUT2D eigenvalue weighted by Gasteiger charge is 2.11. The molecule has 0 saturated carbocycles. The third kappa shape index (κ3) is 3.58. The van der Waals surface area contributed by atoms with Gasteiger partial charge in [-0.2, -0.15) is 0 Å². The van der Waals surface area contributed by atoms with Crippen molar-refractivity contribution in [3.05, 3.63) is 45.4 Å². The molecule has 0 amide bonds. The van der Waals surface area contributed by atoms with E-state index in [0.29, 0.717) is 6.61 Å². The molecule has 3 nitrogen and oxygen atoms in total. The fourth-order valence-corrected chi connectivity index (χ4v) is 2.97. The molecule has 2 aromatic rings. The molecular formula is C16H22N2OS. The van der Waals surface area contributed by atoms with Gasteiger partial charge in [0.15, 0.2) is 0 Å². The molecule has 0 spiro atoms. The monoisotopic (exact) mass is 290 g/mol. The number of nitrogens with zero attached hydrogens (tertiary/aromatic N) is 1. The van der Waals surface area contributed by atoms with Gasteiger partial charge in [0.1, 0.15) is 17.4 Å². The van der Waals surface area contributed by atoms with Crippen molar-refractivity contribution in [2.45, 2.75) is 40.3 Å². The minimum Gasteiger partial charge on any atom is -0.486 e. The zero-order valence-corrected chi connectivity index (χ0v) is 13.4. The molecule has 0 aliphatic heterocycles. The third-order valence-corrected chi connectivity index (χ3v) is 4.37. The standard InChI is InChI=1S/C16H22N2OS/c1-5-17-12(3)14-8-6-7-9-15(14)19-10-16-18-11(2)13(4)20-16/h6-9,12,17H,5,10H2,1-4H3. The van der Waals surface area contributed by atoms with Crippen LogP contribution in [0.3, 0.4) is 0 Å². The van der Waals surface area contributed by atoms with Crippen LogP contribution in [0.15, 0.2) is 24.3 Å². The Morgan fingerprint density at radius 1 is 1.30 bits per heavy atom. The lowest BCUT2D eigenvalue weighted by atomic mass is 10.1. The Balaban J connectivity index is 2.09. The van der Waals surface area contributed by atoms with Crippen molar-refractivity contribution in [3.8, 4) is 5.75 Å². The van der Waals surface area contributed by atoms with Gasteiger partial charge in [0.05, 0.1) is 5.69 Å². The van der Waals surface area contributed by atoms with Crippen molar-refractivity contribution >= 4 is 11.3 Å². The predicted molar refractivity (Wildman–Crippen MR) is 84.5 cm³/mol. The van der Waals surface area contributed by atoms with Gasteiger partial charge in [-0.05, 0) is 33.4 Å². The third-order valence-electron chi connectivity index (χ3n) is 3.32. The molecular weight excluding hydrogens is 268 g/mol. The molecule has 0 radical (unpaired) electrons. The molecule has 1 N–H and O–H groups in total. The first kappa shape index (κ1) is 15.0. The number of aromatic nitrogens is 1. The normalized spacial score (nSPS) is 12.4. The van der Waals surface area contributed by atoms with Crippen molar-refractivity contribution in [2.24, 2.45) is 0 Å². The summed E-state index contributed by atoms with van der Waals surface area (Å²) in [5, 5.41) is 4.45. The quantitative estimate of drug-likeness (QED) is 0.873. The van der Waals surface area contributed by atoms with Crippen LogP contribution in [0, 0.1) is 13.8 Å². The van der Waals surface area contributed by atoms with Crippen molar-refractivity contribution in [3.63, 3.8) is 0 Å². The summed E-state index contributed by atoms with van der Waals surface area (Å²) in [7, 11) is 0. The summed E-state index contributed by atoms with van der Waals surface area (Å²) in [5.41, 5.74) is 2.29. The van der Waals surface area contributed by atoms with E-state index in [1.807, 2.05) is 25.1 Å². The molecule has 1 atom stereocenters. The maximum absolute atomic E-state index is 5.97. The predicted octanol–water partition coefficient (Wildman–Crippen LogP) is 4.01. The minimum absolute atomic E-state index is 0.288. The van der Waals surface area contributed by atoms with E-state index < -0.39 is 0 Å². The summed E-state index contributed by atoms with van der Waals surface area (Å²) < 4.78 is 5.97. The molecule has 0 bridgehead atoms. The maximum Gasteiger partial charge on any atom is 0.140 e. The van der Waals surface area contributed by atoms with E-state index in [4.69, 9.17) is 4.74 Å². The molecule has 2 rings (SSSR count). The molecule has 0 fully saturated rings. The summed E-state index contributed by atoms with van der Waals surface area (Å²) in [4.78, 5) is 5.78. The van der Waals surface area contributed by atoms with Crippen LogP contribution in [0.1, 0.15) is 41.0 Å². The van der Waals surface area contributed by atoms with Crippen LogP contribution >= 0.6 is 11.3 Å². The Bertz CT molecular complexity index is 546. The Kier molecular flexibility index (Phi) is 5.15. The van der Waals surface area contributed by atoms with Gasteiger partial charge >= 0.3 is 0 Å². The van der Waals surface area contributed by atoms with E-state index in [-0.39, 0.29) is 6.04 Å². The van der Waals surface area contributed by atoms with Crippen LogP contribution in [0.2, 0.25) is 0 Å². The minimum atomic E-state index is 0.288. The highest BCUT2D eigenvalue weighted by atomic mass is 32.1. The Labute approximate surface area is 125 Å². The van der Waals surface area contributed by atoms with Crippen LogP contribution in [0.4, 0.5) is 0 Å². The Morgan fingerprint density at radius 2 is 2.05 bits per heavy atom. The van der Waals surface area contributed by atoms with E-state index in [1.165, 1.54) is 10.4 Å². The lowest BCUT2D eigenvalue weighted by Gasteiger charge is -2.17. The fourth-order valence-electron chi connectivity index (χ4n) is 2.13. The van der Waals surface area contributed by atoms with Gasteiger partial charge in [0.2, 0.25) is 0 Å². The fraction of sp³-hybridized carbons (Fsp3) is 0.438. The number of hydrogen-bond donors (Lipinski definition) is 1. The maximum atomic E-state index is 5.97. The molecule has 1 unspecified atom stereocenters. The second-order valence-electron chi connectivity index (χ2n) is 4.86. The number of nitrogens with one attached hydrogen (secondary N) is 1. The summed E-state index contributed by atoms with van der Waals surface area (Å²) in [5.74, 6) is 0.937. The van der Waals surface area contributed by atoms with E-state index in [9.17, 15) is 0 Å². The van der Waals surface area contributed by atoms with Gasteiger partial charge in [-0.1, -0.05) is 25.1 Å². The van der Waals surface area contributed by atoms with Gasteiger partial charge in [0, 0.05) is 16.5 Å². The Morgan fingerprint density at radius 3 is 2.70 bits per heavy atom. The number of rotatable bonds is 6. The van der Waals surface area contributed by atoms with Crippen LogP contribution in [-0.4, -0.2) is 11.5 Å². The van der Waals surface area contributed by atoms with Gasteiger partial charge in [-0.15, -0.1) is 11.3 Å². The number of para-hydroxylation sites is 1. The average molecular weight is 290 g/mol. The molecule has 20 heavy (non-hydrogen) atoms. The number of hydrogen-bond acceptors (Lipinski definition) is 4. The second-order valence-corrected chi connectivity index (χ2v) is 6.14. The van der Waals surface area contributed by atoms with Crippen LogP contribution < -0.4 is 10.1 Å². The van der Waals surface area contributed by atoms with E-state index >= 15 is 0 Å². The SMILES string of the molecule is CCNC(C)c1ccccc1OCc1nc(C)c(C)s1. The molecule has 1 aromatic heterocycles. The van der Waals surface area contributed by atoms with E-state index in [1.54, 1.807) is 11.3 Å². The molecule has 0 aliphatic carbocycles. The number of aryl methyl sites for hydroxylation is 2. The molecule has 1 aromatic carbocycles. The van der Waals surface area contributed by atoms with Crippen molar-refractivity contribution in [1.29, 1.82) is 0 Å². The lowest BCUT2D eigenvalue weighted by Crippen LogP contribution is -2.18. The smallest absolute Gasteiger partial charge is 0.140 e. The first-order valence-electron chi connectivity index (χ1n) is 6.99. The number of ether oxygens (including phenoxy) is 1. The van der Waals surface area contributed by atoms with E-state index in [2.05, 4.69) is 37.1 Å².